The number of rotatable bonds is 2. The van der Waals surface area contributed by atoms with E-state index in [1.807, 2.05) is 13.0 Å². The number of aliphatic hydroxyl groups excluding tert-OH is 1. The lowest BCUT2D eigenvalue weighted by molar-refractivity contribution is 0.0913. The average Bonchev–Trinajstić information content (AvgIpc) is 2.32. The molecule has 2 rings (SSSR count). The largest absolute Gasteiger partial charge is 0.495 e. The van der Waals surface area contributed by atoms with Gasteiger partial charge < -0.3 is 9.84 Å². The molecule has 0 amide bonds. The van der Waals surface area contributed by atoms with Crippen molar-refractivity contribution in [2.45, 2.75) is 25.9 Å². The van der Waals surface area contributed by atoms with Crippen LogP contribution in [0.15, 0.2) is 30.0 Å². The van der Waals surface area contributed by atoms with Crippen molar-refractivity contribution in [1.29, 1.82) is 0 Å². The molecular formula is C13H15FO2. The molecule has 2 nitrogen and oxygen atoms in total. The Morgan fingerprint density at radius 3 is 2.94 bits per heavy atom. The van der Waals surface area contributed by atoms with Crippen molar-refractivity contribution in [1.82, 2.24) is 0 Å². The molecule has 0 bridgehead atoms. The second kappa shape index (κ2) is 4.66. The van der Waals surface area contributed by atoms with E-state index >= 15 is 0 Å². The minimum absolute atomic E-state index is 0.337. The monoisotopic (exact) mass is 222 g/mol. The fourth-order valence-corrected chi connectivity index (χ4v) is 1.83. The van der Waals surface area contributed by atoms with Crippen molar-refractivity contribution >= 4 is 0 Å². The summed E-state index contributed by atoms with van der Waals surface area (Å²) >= 11 is 0. The molecule has 16 heavy (non-hydrogen) atoms. The highest BCUT2D eigenvalue weighted by molar-refractivity contribution is 5.32. The van der Waals surface area contributed by atoms with Gasteiger partial charge in [-0.05, 0) is 49.1 Å². The van der Waals surface area contributed by atoms with Crippen LogP contribution in [0.2, 0.25) is 0 Å². The van der Waals surface area contributed by atoms with Crippen LogP contribution < -0.4 is 0 Å². The zero-order valence-electron chi connectivity index (χ0n) is 9.24. The van der Waals surface area contributed by atoms with Gasteiger partial charge in [-0.15, -0.1) is 0 Å². The Hall–Kier alpha value is -1.35. The summed E-state index contributed by atoms with van der Waals surface area (Å²) in [6, 6.07) is 4.41. The first-order chi connectivity index (χ1) is 7.68. The summed E-state index contributed by atoms with van der Waals surface area (Å²) in [4.78, 5) is 0. The summed E-state index contributed by atoms with van der Waals surface area (Å²) in [6.07, 6.45) is 2.90. The van der Waals surface area contributed by atoms with Gasteiger partial charge in [0.05, 0.1) is 6.61 Å². The number of halogens is 1. The molecule has 1 unspecified atom stereocenters. The van der Waals surface area contributed by atoms with E-state index in [1.54, 1.807) is 6.07 Å². The number of hydrogen-bond donors (Lipinski definition) is 1. The van der Waals surface area contributed by atoms with Gasteiger partial charge in [-0.2, -0.15) is 0 Å². The minimum atomic E-state index is -0.851. The van der Waals surface area contributed by atoms with Gasteiger partial charge in [-0.3, -0.25) is 0 Å². The molecule has 0 saturated carbocycles. The molecule has 0 fully saturated rings. The molecule has 1 aromatic rings. The maximum Gasteiger partial charge on any atom is 0.136 e. The molecule has 0 saturated heterocycles. The van der Waals surface area contributed by atoms with Crippen LogP contribution in [0.5, 0.6) is 0 Å². The molecule has 3 heteroatoms. The normalized spacial score (nSPS) is 17.6. The number of aryl methyl sites for hydroxylation is 1. The smallest absolute Gasteiger partial charge is 0.136 e. The van der Waals surface area contributed by atoms with Crippen LogP contribution in [0.4, 0.5) is 4.39 Å². The molecular weight excluding hydrogens is 207 g/mol. The molecule has 0 aliphatic carbocycles. The topological polar surface area (TPSA) is 29.5 Å². The molecule has 0 radical (unpaired) electrons. The van der Waals surface area contributed by atoms with E-state index < -0.39 is 6.10 Å². The van der Waals surface area contributed by atoms with Gasteiger partial charge in [0.1, 0.15) is 17.7 Å². The Morgan fingerprint density at radius 2 is 2.25 bits per heavy atom. The minimum Gasteiger partial charge on any atom is -0.495 e. The predicted octanol–water partition coefficient (Wildman–Crippen LogP) is 2.86. The van der Waals surface area contributed by atoms with Crippen LogP contribution in [0, 0.1) is 12.7 Å². The van der Waals surface area contributed by atoms with Crippen LogP contribution in [-0.4, -0.2) is 11.7 Å². The highest BCUT2D eigenvalue weighted by Crippen LogP contribution is 2.28. The lowest BCUT2D eigenvalue weighted by Crippen LogP contribution is -2.11. The summed E-state index contributed by atoms with van der Waals surface area (Å²) in [5, 5.41) is 10.1. The van der Waals surface area contributed by atoms with Crippen LogP contribution >= 0.6 is 0 Å². The Bertz CT molecular complexity index is 412. The summed E-state index contributed by atoms with van der Waals surface area (Å²) in [6.45, 7) is 2.47. The van der Waals surface area contributed by atoms with Crippen molar-refractivity contribution in [2.24, 2.45) is 0 Å². The molecule has 1 heterocycles. The van der Waals surface area contributed by atoms with E-state index in [4.69, 9.17) is 4.74 Å². The third-order valence-electron chi connectivity index (χ3n) is 2.77. The quantitative estimate of drug-likeness (QED) is 0.833. The van der Waals surface area contributed by atoms with E-state index in [-0.39, 0.29) is 5.82 Å². The first-order valence-corrected chi connectivity index (χ1v) is 5.45. The molecule has 1 aliphatic heterocycles. The molecule has 1 aliphatic rings. The molecule has 0 spiro atoms. The number of benzene rings is 1. The molecule has 1 N–H and O–H groups in total. The van der Waals surface area contributed by atoms with Crippen LogP contribution in [-0.2, 0) is 4.74 Å². The van der Waals surface area contributed by atoms with Crippen LogP contribution in [0.1, 0.15) is 30.1 Å². The average molecular weight is 222 g/mol. The number of allylic oxidation sites excluding steroid dienone is 1. The summed E-state index contributed by atoms with van der Waals surface area (Å²) < 4.78 is 18.5. The fourth-order valence-electron chi connectivity index (χ4n) is 1.83. The SMILES string of the molecule is Cc1ccc(F)cc1C(O)C1=CCCCO1. The lowest BCUT2D eigenvalue weighted by atomic mass is 10.0. The maximum absolute atomic E-state index is 13.1. The van der Waals surface area contributed by atoms with Gasteiger partial charge in [-0.1, -0.05) is 6.07 Å². The van der Waals surface area contributed by atoms with E-state index in [9.17, 15) is 9.50 Å². The summed E-state index contributed by atoms with van der Waals surface area (Å²) in [5.74, 6) is 0.205. The predicted molar refractivity (Wildman–Crippen MR) is 59.4 cm³/mol. The first-order valence-electron chi connectivity index (χ1n) is 5.45. The van der Waals surface area contributed by atoms with Gasteiger partial charge in [0.15, 0.2) is 0 Å². The van der Waals surface area contributed by atoms with Crippen molar-refractivity contribution in [2.75, 3.05) is 6.61 Å². The van der Waals surface area contributed by atoms with Crippen molar-refractivity contribution in [3.63, 3.8) is 0 Å². The van der Waals surface area contributed by atoms with Gasteiger partial charge in [0.2, 0.25) is 0 Å². The fraction of sp³-hybridized carbons (Fsp3) is 0.385. The van der Waals surface area contributed by atoms with Gasteiger partial charge >= 0.3 is 0 Å². The van der Waals surface area contributed by atoms with Crippen molar-refractivity contribution in [3.05, 3.63) is 47.0 Å². The zero-order valence-corrected chi connectivity index (χ0v) is 9.24. The second-order valence-corrected chi connectivity index (χ2v) is 4.00. The zero-order chi connectivity index (χ0) is 11.5. The number of ether oxygens (including phenoxy) is 1. The number of hydrogen-bond acceptors (Lipinski definition) is 2. The van der Waals surface area contributed by atoms with Gasteiger partial charge in [-0.25, -0.2) is 4.39 Å². The van der Waals surface area contributed by atoms with Gasteiger partial charge in [0.25, 0.3) is 0 Å². The third-order valence-corrected chi connectivity index (χ3v) is 2.77. The van der Waals surface area contributed by atoms with E-state index in [0.29, 0.717) is 17.9 Å². The third kappa shape index (κ3) is 2.25. The molecule has 0 aromatic heterocycles. The highest BCUT2D eigenvalue weighted by Gasteiger charge is 2.19. The Labute approximate surface area is 94.4 Å². The van der Waals surface area contributed by atoms with Crippen LogP contribution in [0.3, 0.4) is 0 Å². The van der Waals surface area contributed by atoms with Crippen LogP contribution in [0.25, 0.3) is 0 Å². The first kappa shape index (κ1) is 11.1. The number of aliphatic hydroxyl groups is 1. The second-order valence-electron chi connectivity index (χ2n) is 4.00. The molecule has 86 valence electrons. The van der Waals surface area contributed by atoms with Gasteiger partial charge in [0, 0.05) is 0 Å². The maximum atomic E-state index is 13.1. The van der Waals surface area contributed by atoms with E-state index in [1.165, 1.54) is 12.1 Å². The lowest BCUT2D eigenvalue weighted by Gasteiger charge is -2.21. The van der Waals surface area contributed by atoms with Crippen molar-refractivity contribution in [3.8, 4) is 0 Å². The van der Waals surface area contributed by atoms with Crippen molar-refractivity contribution < 1.29 is 14.2 Å². The standard InChI is InChI=1S/C13H15FO2/c1-9-5-6-10(14)8-11(9)13(15)12-4-2-3-7-16-12/h4-6,8,13,15H,2-3,7H2,1H3. The van der Waals surface area contributed by atoms with E-state index in [0.717, 1.165) is 18.4 Å². The molecule has 1 atom stereocenters. The Kier molecular flexibility index (Phi) is 3.25. The van der Waals surface area contributed by atoms with E-state index in [2.05, 4.69) is 0 Å². The highest BCUT2D eigenvalue weighted by atomic mass is 19.1. The Morgan fingerprint density at radius 1 is 1.44 bits per heavy atom. The summed E-state index contributed by atoms with van der Waals surface area (Å²) in [5.41, 5.74) is 1.44. The molecule has 1 aromatic carbocycles. The Balaban J connectivity index is 2.29. The summed E-state index contributed by atoms with van der Waals surface area (Å²) in [7, 11) is 0.